The lowest BCUT2D eigenvalue weighted by Crippen LogP contribution is -2.41. The van der Waals surface area contributed by atoms with Gasteiger partial charge in [0.15, 0.2) is 0 Å². The van der Waals surface area contributed by atoms with Gasteiger partial charge in [0.25, 0.3) is 0 Å². The summed E-state index contributed by atoms with van der Waals surface area (Å²) in [6, 6.07) is 10.6. The Bertz CT molecular complexity index is 1310. The van der Waals surface area contributed by atoms with Crippen LogP contribution in [0.25, 0.3) is 0 Å². The number of thiazole rings is 1. The van der Waals surface area contributed by atoms with Crippen molar-refractivity contribution in [2.75, 3.05) is 25.1 Å². The largest absolute Gasteiger partial charge is 0.409 e. The van der Waals surface area contributed by atoms with Gasteiger partial charge >= 0.3 is 6.18 Å². The Morgan fingerprint density at radius 1 is 1.14 bits per heavy atom. The van der Waals surface area contributed by atoms with Crippen molar-refractivity contribution in [1.82, 2.24) is 9.88 Å². The Labute approximate surface area is 219 Å². The smallest absolute Gasteiger partial charge is 0.330 e. The van der Waals surface area contributed by atoms with E-state index in [1.165, 1.54) is 23.7 Å². The number of aromatic nitrogens is 1. The zero-order chi connectivity index (χ0) is 26.4. The van der Waals surface area contributed by atoms with Gasteiger partial charge in [0.1, 0.15) is 27.6 Å². The van der Waals surface area contributed by atoms with Gasteiger partial charge < -0.3 is 5.73 Å². The van der Waals surface area contributed by atoms with Crippen LogP contribution in [0.4, 0.5) is 27.1 Å². The van der Waals surface area contributed by atoms with Crippen LogP contribution in [0.15, 0.2) is 53.6 Å². The number of rotatable bonds is 6. The number of fused-ring (bicyclic) bond motifs is 1. The van der Waals surface area contributed by atoms with Crippen LogP contribution in [0.3, 0.4) is 0 Å². The lowest BCUT2D eigenvalue weighted by atomic mass is 10.0. The average Bonchev–Trinajstić information content (AvgIpc) is 3.46. The van der Waals surface area contributed by atoms with E-state index in [0.29, 0.717) is 30.7 Å². The minimum atomic E-state index is -4.50. The molecule has 0 bridgehead atoms. The van der Waals surface area contributed by atoms with Crippen molar-refractivity contribution in [3.8, 4) is 0 Å². The van der Waals surface area contributed by atoms with Gasteiger partial charge in [-0.2, -0.15) is 18.3 Å². The quantitative estimate of drug-likeness (QED) is 0.379. The molecule has 0 amide bonds. The third kappa shape index (κ3) is 4.75. The summed E-state index contributed by atoms with van der Waals surface area (Å²) >= 11 is 2.39. The number of likely N-dealkylation sites (N-methyl/N-ethyl adjacent to an activating group) is 1. The third-order valence-corrected chi connectivity index (χ3v) is 9.05. The molecule has 196 valence electrons. The van der Waals surface area contributed by atoms with Crippen molar-refractivity contribution < 1.29 is 22.0 Å². The Balaban J connectivity index is 1.69. The Kier molecular flexibility index (Phi) is 7.03. The summed E-state index contributed by atoms with van der Waals surface area (Å²) in [5.41, 5.74) is 6.61. The summed E-state index contributed by atoms with van der Waals surface area (Å²) < 4.78 is 70.9. The summed E-state index contributed by atoms with van der Waals surface area (Å²) in [4.78, 5) is 5.32. The van der Waals surface area contributed by atoms with E-state index in [0.717, 1.165) is 35.1 Å². The molecule has 37 heavy (non-hydrogen) atoms. The molecule has 0 spiro atoms. The molecule has 2 aliphatic heterocycles. The Morgan fingerprint density at radius 3 is 2.59 bits per heavy atom. The molecule has 12 heteroatoms. The van der Waals surface area contributed by atoms with Gasteiger partial charge in [0.2, 0.25) is 5.13 Å². The van der Waals surface area contributed by atoms with Crippen LogP contribution >= 0.6 is 23.1 Å². The topological polar surface area (TPSA) is 57.8 Å². The van der Waals surface area contributed by atoms with E-state index >= 15 is 0 Å². The molecular formula is C25H24F5N5S2. The van der Waals surface area contributed by atoms with Crippen LogP contribution < -0.4 is 10.7 Å². The van der Waals surface area contributed by atoms with E-state index < -0.39 is 28.7 Å². The molecule has 0 saturated carbocycles. The van der Waals surface area contributed by atoms with Crippen molar-refractivity contribution in [2.45, 2.75) is 36.4 Å². The number of anilines is 1. The summed E-state index contributed by atoms with van der Waals surface area (Å²) in [6.07, 6.45) is -3.06. The molecular weight excluding hydrogens is 529 g/mol. The molecule has 2 N–H and O–H groups in total. The molecule has 0 aliphatic carbocycles. The molecule has 2 aliphatic rings. The van der Waals surface area contributed by atoms with Crippen molar-refractivity contribution >= 4 is 33.3 Å². The molecule has 5 rings (SSSR count). The highest BCUT2D eigenvalue weighted by Crippen LogP contribution is 2.54. The number of halogens is 5. The number of nitrogens with zero attached hydrogens (tertiary/aromatic N) is 4. The Hall–Kier alpha value is -2.54. The summed E-state index contributed by atoms with van der Waals surface area (Å²) in [7, 11) is 1.43. The fourth-order valence-electron chi connectivity index (χ4n) is 4.74. The maximum absolute atomic E-state index is 14.8. The first-order valence-corrected chi connectivity index (χ1v) is 13.3. The number of benzene rings is 2. The predicted molar refractivity (Wildman–Crippen MR) is 137 cm³/mol. The van der Waals surface area contributed by atoms with Gasteiger partial charge in [-0.1, -0.05) is 53.4 Å². The molecule has 1 aromatic heterocycles. The van der Waals surface area contributed by atoms with E-state index in [1.807, 2.05) is 30.3 Å². The fourth-order valence-corrected chi connectivity index (χ4v) is 7.32. The molecule has 2 unspecified atom stereocenters. The second kappa shape index (κ2) is 9.97. The van der Waals surface area contributed by atoms with E-state index in [-0.39, 0.29) is 28.0 Å². The molecule has 3 aromatic rings. The number of hydrazone groups is 1. The zero-order valence-electron chi connectivity index (χ0n) is 19.8. The minimum absolute atomic E-state index is 0.0187. The van der Waals surface area contributed by atoms with Gasteiger partial charge in [-0.3, -0.25) is 4.90 Å². The number of alkyl halides is 3. The van der Waals surface area contributed by atoms with Crippen LogP contribution in [0.1, 0.15) is 40.6 Å². The second-order valence-corrected chi connectivity index (χ2v) is 11.3. The van der Waals surface area contributed by atoms with Crippen molar-refractivity contribution in [3.05, 3.63) is 81.9 Å². The first-order chi connectivity index (χ1) is 17.6. The Morgan fingerprint density at radius 2 is 1.89 bits per heavy atom. The van der Waals surface area contributed by atoms with E-state index in [1.54, 1.807) is 5.01 Å². The summed E-state index contributed by atoms with van der Waals surface area (Å²) in [6.45, 7) is 0.607. The normalized spacial score (nSPS) is 22.3. The van der Waals surface area contributed by atoms with Crippen LogP contribution in [0, 0.1) is 11.6 Å². The summed E-state index contributed by atoms with van der Waals surface area (Å²) in [5, 5.41) is 6.75. The lowest BCUT2D eigenvalue weighted by molar-refractivity contribution is -0.185. The van der Waals surface area contributed by atoms with Crippen molar-refractivity contribution in [2.24, 2.45) is 10.8 Å². The van der Waals surface area contributed by atoms with Crippen LogP contribution in [-0.2, 0) is 11.3 Å². The third-order valence-electron chi connectivity index (χ3n) is 6.50. The number of hydrogen-bond donors (Lipinski definition) is 1. The standard InChI is InChI=1S/C25H24F5N5S2/c1-34-13-10-19-20(21(34)25(28,29)30)32-23(36-19)35-24(11-5-12-31,15-6-3-2-4-7-15)37-22(33-35)17-14-16(26)8-9-18(17)27/h2-4,6-9,14,21H,5,10-13,31H2,1H3. The molecule has 5 nitrogen and oxygen atoms in total. The monoisotopic (exact) mass is 553 g/mol. The molecule has 3 heterocycles. The summed E-state index contributed by atoms with van der Waals surface area (Å²) in [5.74, 6) is -1.27. The van der Waals surface area contributed by atoms with Gasteiger partial charge in [0.05, 0.1) is 5.69 Å². The minimum Gasteiger partial charge on any atom is -0.330 e. The van der Waals surface area contributed by atoms with Crippen molar-refractivity contribution in [3.63, 3.8) is 0 Å². The van der Waals surface area contributed by atoms with Crippen LogP contribution in [-0.4, -0.2) is 41.2 Å². The van der Waals surface area contributed by atoms with Crippen molar-refractivity contribution in [1.29, 1.82) is 0 Å². The van der Waals surface area contributed by atoms with Crippen LogP contribution in [0.2, 0.25) is 0 Å². The number of thioether (sulfide) groups is 1. The second-order valence-electron chi connectivity index (χ2n) is 8.97. The molecule has 0 fully saturated rings. The maximum Gasteiger partial charge on any atom is 0.409 e. The number of nitrogens with two attached hydrogens (primary N) is 1. The highest BCUT2D eigenvalue weighted by molar-refractivity contribution is 8.15. The SMILES string of the molecule is CN1CCc2sc(N3N=C(c4cc(F)ccc4F)SC3(CCCN)c3ccccc3)nc2C1C(F)(F)F. The molecule has 2 atom stereocenters. The molecule has 0 saturated heterocycles. The van der Waals surface area contributed by atoms with Gasteiger partial charge in [-0.25, -0.2) is 18.8 Å². The number of hydrogen-bond acceptors (Lipinski definition) is 7. The average molecular weight is 554 g/mol. The van der Waals surface area contributed by atoms with Gasteiger partial charge in [-0.15, -0.1) is 0 Å². The fraction of sp³-hybridized carbons (Fsp3) is 0.360. The molecule has 2 aromatic carbocycles. The van der Waals surface area contributed by atoms with Gasteiger partial charge in [-0.05, 0) is 56.6 Å². The highest BCUT2D eigenvalue weighted by atomic mass is 32.2. The first kappa shape index (κ1) is 26.1. The lowest BCUT2D eigenvalue weighted by Gasteiger charge is -2.35. The highest BCUT2D eigenvalue weighted by Gasteiger charge is 2.51. The zero-order valence-corrected chi connectivity index (χ0v) is 21.4. The van der Waals surface area contributed by atoms with E-state index in [4.69, 9.17) is 5.73 Å². The van der Waals surface area contributed by atoms with Crippen LogP contribution in [0.5, 0.6) is 0 Å². The van der Waals surface area contributed by atoms with Gasteiger partial charge in [0, 0.05) is 17.0 Å². The molecule has 0 radical (unpaired) electrons. The predicted octanol–water partition coefficient (Wildman–Crippen LogP) is 6.02. The first-order valence-electron chi connectivity index (χ1n) is 11.7. The van der Waals surface area contributed by atoms with E-state index in [9.17, 15) is 22.0 Å². The maximum atomic E-state index is 14.8. The van der Waals surface area contributed by atoms with E-state index in [2.05, 4.69) is 10.1 Å².